The molecule has 1 saturated carbocycles. The molecule has 0 spiro atoms. The van der Waals surface area contributed by atoms with E-state index in [1.54, 1.807) is 23.1 Å². The van der Waals surface area contributed by atoms with Gasteiger partial charge in [0.2, 0.25) is 5.95 Å². The first-order valence-corrected chi connectivity index (χ1v) is 16.1. The molecule has 1 aliphatic heterocycles. The van der Waals surface area contributed by atoms with Gasteiger partial charge in [-0.2, -0.15) is 5.10 Å². The minimum absolute atomic E-state index is 0.190. The van der Waals surface area contributed by atoms with Crippen LogP contribution in [0.3, 0.4) is 0 Å². The Morgan fingerprint density at radius 1 is 1.09 bits per heavy atom. The number of aliphatic imine (C=N–C) groups is 1. The standard InChI is InChI=1S/C32H41ClN10O3/c1-22(16-35-21-34)46-30-15-23(3-8-28(30)33)24-17-36-32(37-18-24)38-29-19-43(40-31(29)45-20-25-9-10-41(2)39-25)27-6-4-26(5-7-27)42-11-13-44-14-12-42/h3,8-10,15,17-19,21-22,26-27H,4-7,11-14,16,20H2,1-2H3,(H2,34,35)(H,36,37,38)/t22-,26?,27?/m0/s1. The van der Waals surface area contributed by atoms with Crippen molar-refractivity contribution in [1.29, 1.82) is 0 Å². The monoisotopic (exact) mass is 648 g/mol. The van der Waals surface area contributed by atoms with E-state index in [1.165, 1.54) is 6.34 Å². The van der Waals surface area contributed by atoms with Crippen LogP contribution in [0.15, 0.2) is 54.0 Å². The summed E-state index contributed by atoms with van der Waals surface area (Å²) >= 11 is 6.40. The highest BCUT2D eigenvalue weighted by atomic mass is 35.5. The van der Waals surface area contributed by atoms with Crippen LogP contribution in [0.1, 0.15) is 44.3 Å². The zero-order valence-corrected chi connectivity index (χ0v) is 27.0. The highest BCUT2D eigenvalue weighted by molar-refractivity contribution is 6.32. The molecule has 3 N–H and O–H groups in total. The number of hydrogen-bond donors (Lipinski definition) is 2. The second-order valence-corrected chi connectivity index (χ2v) is 12.1. The Morgan fingerprint density at radius 2 is 1.85 bits per heavy atom. The number of nitrogens with zero attached hydrogens (tertiary/aromatic N) is 8. The van der Waals surface area contributed by atoms with Crippen molar-refractivity contribution in [3.8, 4) is 22.8 Å². The molecule has 0 radical (unpaired) electrons. The third kappa shape index (κ3) is 7.95. The minimum Gasteiger partial charge on any atom is -0.487 e. The van der Waals surface area contributed by atoms with Gasteiger partial charge >= 0.3 is 0 Å². The van der Waals surface area contributed by atoms with E-state index in [4.69, 9.17) is 36.6 Å². The highest BCUT2D eigenvalue weighted by Crippen LogP contribution is 2.35. The zero-order chi connectivity index (χ0) is 31.9. The topological polar surface area (TPSA) is 143 Å². The number of hydrogen-bond acceptors (Lipinski definition) is 10. The molecular formula is C32H41ClN10O3. The molecule has 4 heterocycles. The van der Waals surface area contributed by atoms with Crippen molar-refractivity contribution in [2.24, 2.45) is 17.8 Å². The van der Waals surface area contributed by atoms with Gasteiger partial charge in [0, 0.05) is 50.3 Å². The predicted molar refractivity (Wildman–Crippen MR) is 177 cm³/mol. The smallest absolute Gasteiger partial charge is 0.257 e. The fourth-order valence-corrected chi connectivity index (χ4v) is 6.13. The number of aromatic nitrogens is 6. The van der Waals surface area contributed by atoms with E-state index in [0.29, 0.717) is 53.5 Å². The Hall–Kier alpha value is -4.20. The first kappa shape index (κ1) is 31.8. The van der Waals surface area contributed by atoms with Gasteiger partial charge in [0.25, 0.3) is 5.88 Å². The number of anilines is 2. The van der Waals surface area contributed by atoms with E-state index in [1.807, 2.05) is 49.2 Å². The fraction of sp³-hybridized carbons (Fsp3) is 0.469. The van der Waals surface area contributed by atoms with Gasteiger partial charge in [-0.25, -0.2) is 9.97 Å². The van der Waals surface area contributed by atoms with Crippen LogP contribution in [0.25, 0.3) is 11.1 Å². The lowest BCUT2D eigenvalue weighted by atomic mass is 9.90. The second-order valence-electron chi connectivity index (χ2n) is 11.7. The van der Waals surface area contributed by atoms with Crippen LogP contribution in [0.5, 0.6) is 11.6 Å². The number of nitrogens with one attached hydrogen (secondary N) is 1. The van der Waals surface area contributed by atoms with E-state index < -0.39 is 0 Å². The molecule has 1 atom stereocenters. The third-order valence-electron chi connectivity index (χ3n) is 8.39. The van der Waals surface area contributed by atoms with Crippen LogP contribution >= 0.6 is 11.6 Å². The maximum Gasteiger partial charge on any atom is 0.257 e. The Labute approximate surface area is 273 Å². The first-order chi connectivity index (χ1) is 22.4. The van der Waals surface area contributed by atoms with E-state index >= 15 is 0 Å². The van der Waals surface area contributed by atoms with Crippen molar-refractivity contribution in [1.82, 2.24) is 34.4 Å². The number of ether oxygens (including phenoxy) is 3. The summed E-state index contributed by atoms with van der Waals surface area (Å²) in [4.78, 5) is 15.8. The Morgan fingerprint density at radius 3 is 2.57 bits per heavy atom. The molecule has 1 aromatic carbocycles. The van der Waals surface area contributed by atoms with E-state index in [0.717, 1.165) is 68.8 Å². The number of morpholine rings is 1. The average Bonchev–Trinajstić information content (AvgIpc) is 3.70. The number of aryl methyl sites for hydroxylation is 1. The molecule has 1 aliphatic carbocycles. The largest absolute Gasteiger partial charge is 0.487 e. The van der Waals surface area contributed by atoms with E-state index in [9.17, 15) is 0 Å². The lowest BCUT2D eigenvalue weighted by molar-refractivity contribution is 0.00502. The molecule has 1 saturated heterocycles. The molecule has 0 unspecified atom stereocenters. The summed E-state index contributed by atoms with van der Waals surface area (Å²) in [5.74, 6) is 1.48. The van der Waals surface area contributed by atoms with Crippen molar-refractivity contribution in [3.63, 3.8) is 0 Å². The van der Waals surface area contributed by atoms with E-state index in [-0.39, 0.29) is 6.10 Å². The third-order valence-corrected chi connectivity index (χ3v) is 8.70. The Balaban J connectivity index is 1.16. The molecule has 0 bridgehead atoms. The van der Waals surface area contributed by atoms with Gasteiger partial charge in [0.05, 0.1) is 49.1 Å². The average molecular weight is 649 g/mol. The molecule has 2 fully saturated rings. The molecule has 6 rings (SSSR count). The normalized spacial score (nSPS) is 19.7. The zero-order valence-electron chi connectivity index (χ0n) is 26.3. The van der Waals surface area contributed by atoms with Gasteiger partial charge in [0.15, 0.2) is 0 Å². The van der Waals surface area contributed by atoms with Crippen LogP contribution in [0.2, 0.25) is 5.02 Å². The van der Waals surface area contributed by atoms with Gasteiger partial charge in [-0.05, 0) is 56.4 Å². The lowest BCUT2D eigenvalue weighted by Crippen LogP contribution is -2.45. The van der Waals surface area contributed by atoms with Gasteiger partial charge in [-0.3, -0.25) is 19.3 Å². The molecule has 3 aromatic heterocycles. The molecule has 46 heavy (non-hydrogen) atoms. The molecule has 0 amide bonds. The van der Waals surface area contributed by atoms with Gasteiger partial charge < -0.3 is 25.3 Å². The summed E-state index contributed by atoms with van der Waals surface area (Å²) in [6, 6.07) is 8.41. The lowest BCUT2D eigenvalue weighted by Gasteiger charge is -2.38. The van der Waals surface area contributed by atoms with Crippen LogP contribution in [0.4, 0.5) is 11.6 Å². The van der Waals surface area contributed by atoms with Crippen molar-refractivity contribution in [2.45, 2.75) is 57.4 Å². The van der Waals surface area contributed by atoms with Crippen LogP contribution in [-0.2, 0) is 18.4 Å². The maximum absolute atomic E-state index is 6.40. The van der Waals surface area contributed by atoms with Crippen molar-refractivity contribution in [3.05, 3.63) is 59.8 Å². The van der Waals surface area contributed by atoms with Crippen LogP contribution < -0.4 is 20.5 Å². The van der Waals surface area contributed by atoms with Gasteiger partial charge in [0.1, 0.15) is 24.1 Å². The number of halogens is 1. The van der Waals surface area contributed by atoms with Crippen molar-refractivity contribution < 1.29 is 14.2 Å². The summed E-state index contributed by atoms with van der Waals surface area (Å²) in [7, 11) is 1.89. The van der Waals surface area contributed by atoms with E-state index in [2.05, 4.69) is 30.3 Å². The van der Waals surface area contributed by atoms with Gasteiger partial charge in [-0.15, -0.1) is 5.10 Å². The summed E-state index contributed by atoms with van der Waals surface area (Å²) in [6.07, 6.45) is 12.9. The SMILES string of the molecule is C[C@@H](CN=CN)Oc1cc(-c2cnc(Nc3cn(C4CCC(N5CCOCC5)CC4)nc3OCc3ccn(C)n3)nc2)ccc1Cl. The second kappa shape index (κ2) is 14.9. The summed E-state index contributed by atoms with van der Waals surface area (Å²) < 4.78 is 21.5. The predicted octanol–water partition coefficient (Wildman–Crippen LogP) is 4.62. The molecule has 14 heteroatoms. The summed E-state index contributed by atoms with van der Waals surface area (Å²) in [5, 5.41) is 13.2. The molecule has 4 aromatic rings. The Bertz CT molecular complexity index is 1590. The van der Waals surface area contributed by atoms with Crippen LogP contribution in [-0.4, -0.2) is 85.8 Å². The molecule has 244 valence electrons. The fourth-order valence-electron chi connectivity index (χ4n) is 5.97. The molecule has 2 aliphatic rings. The highest BCUT2D eigenvalue weighted by Gasteiger charge is 2.29. The van der Waals surface area contributed by atoms with Crippen molar-refractivity contribution >= 4 is 29.6 Å². The molecular weight excluding hydrogens is 608 g/mol. The Kier molecular flexibility index (Phi) is 10.3. The number of benzene rings is 1. The minimum atomic E-state index is -0.190. The summed E-state index contributed by atoms with van der Waals surface area (Å²) in [5.41, 5.74) is 8.58. The maximum atomic E-state index is 6.40. The number of rotatable bonds is 12. The van der Waals surface area contributed by atoms with Crippen molar-refractivity contribution in [2.75, 3.05) is 38.2 Å². The quantitative estimate of drug-likeness (QED) is 0.165. The van der Waals surface area contributed by atoms with Gasteiger partial charge in [-0.1, -0.05) is 17.7 Å². The first-order valence-electron chi connectivity index (χ1n) is 15.7. The summed E-state index contributed by atoms with van der Waals surface area (Å²) in [6.45, 7) is 6.34. The molecule has 13 nitrogen and oxygen atoms in total. The number of nitrogens with two attached hydrogens (primary N) is 1. The van der Waals surface area contributed by atoms with Crippen LogP contribution in [0, 0.1) is 0 Å².